The molecule has 0 saturated heterocycles. The van der Waals surface area contributed by atoms with Gasteiger partial charge in [0.2, 0.25) is 0 Å². The maximum atomic E-state index is 13.1. The Balaban J connectivity index is 1.60. The van der Waals surface area contributed by atoms with Crippen molar-refractivity contribution in [1.29, 1.82) is 0 Å². The first kappa shape index (κ1) is 17.4. The molecular weight excluding hydrogens is 406 g/mol. The SMILES string of the molecule is O=C(c1cc(Br)ccc1OCCc1ccccc1)n1nnc2ccccc21. The normalized spacial score (nSPS) is 10.9. The van der Waals surface area contributed by atoms with E-state index in [2.05, 4.69) is 38.4 Å². The van der Waals surface area contributed by atoms with E-state index < -0.39 is 0 Å². The Morgan fingerprint density at radius 3 is 2.63 bits per heavy atom. The van der Waals surface area contributed by atoms with E-state index in [1.54, 1.807) is 12.1 Å². The quantitative estimate of drug-likeness (QED) is 0.475. The third-order valence-electron chi connectivity index (χ3n) is 4.21. The van der Waals surface area contributed by atoms with Crippen molar-refractivity contribution >= 4 is 32.9 Å². The highest BCUT2D eigenvalue weighted by molar-refractivity contribution is 9.10. The third-order valence-corrected chi connectivity index (χ3v) is 4.70. The number of halogens is 1. The van der Waals surface area contributed by atoms with Crippen LogP contribution in [0.4, 0.5) is 0 Å². The number of aromatic nitrogens is 3. The molecule has 0 bridgehead atoms. The van der Waals surface area contributed by atoms with Gasteiger partial charge >= 0.3 is 0 Å². The molecule has 4 aromatic rings. The Labute approximate surface area is 164 Å². The fraction of sp³-hybridized carbons (Fsp3) is 0.0952. The molecule has 0 aliphatic carbocycles. The van der Waals surface area contributed by atoms with Crippen molar-refractivity contribution < 1.29 is 9.53 Å². The van der Waals surface area contributed by atoms with E-state index in [-0.39, 0.29) is 5.91 Å². The lowest BCUT2D eigenvalue weighted by atomic mass is 10.1. The van der Waals surface area contributed by atoms with Crippen molar-refractivity contribution in [2.24, 2.45) is 0 Å². The Morgan fingerprint density at radius 2 is 1.78 bits per heavy atom. The maximum absolute atomic E-state index is 13.1. The van der Waals surface area contributed by atoms with Crippen LogP contribution in [0.25, 0.3) is 11.0 Å². The van der Waals surface area contributed by atoms with E-state index in [0.717, 1.165) is 10.9 Å². The first-order valence-electron chi connectivity index (χ1n) is 8.54. The van der Waals surface area contributed by atoms with Crippen molar-refractivity contribution in [1.82, 2.24) is 15.0 Å². The van der Waals surface area contributed by atoms with Gasteiger partial charge in [-0.25, -0.2) is 0 Å². The van der Waals surface area contributed by atoms with Gasteiger partial charge < -0.3 is 4.74 Å². The first-order chi connectivity index (χ1) is 13.2. The summed E-state index contributed by atoms with van der Waals surface area (Å²) in [5.74, 6) is 0.249. The molecule has 0 spiro atoms. The molecule has 0 unspecified atom stereocenters. The topological polar surface area (TPSA) is 57.0 Å². The predicted molar refractivity (Wildman–Crippen MR) is 107 cm³/mol. The molecule has 0 saturated carbocycles. The number of hydrogen-bond acceptors (Lipinski definition) is 4. The lowest BCUT2D eigenvalue weighted by Crippen LogP contribution is -2.16. The van der Waals surface area contributed by atoms with Crippen molar-refractivity contribution in [2.45, 2.75) is 6.42 Å². The van der Waals surface area contributed by atoms with Crippen molar-refractivity contribution in [2.75, 3.05) is 6.61 Å². The molecule has 134 valence electrons. The molecule has 5 nitrogen and oxygen atoms in total. The van der Waals surface area contributed by atoms with Gasteiger partial charge in [0, 0.05) is 10.9 Å². The fourth-order valence-corrected chi connectivity index (χ4v) is 3.21. The van der Waals surface area contributed by atoms with Crippen LogP contribution in [0.15, 0.2) is 77.3 Å². The zero-order valence-electron chi connectivity index (χ0n) is 14.4. The van der Waals surface area contributed by atoms with Gasteiger partial charge in [-0.3, -0.25) is 4.79 Å². The van der Waals surface area contributed by atoms with Crippen LogP contribution in [0.5, 0.6) is 5.75 Å². The van der Waals surface area contributed by atoms with Crippen LogP contribution < -0.4 is 4.74 Å². The summed E-state index contributed by atoms with van der Waals surface area (Å²) >= 11 is 3.43. The standard InChI is InChI=1S/C21H16BrN3O2/c22-16-10-11-20(27-13-12-15-6-2-1-3-7-15)17(14-16)21(26)25-19-9-5-4-8-18(19)23-24-25/h1-11,14H,12-13H2. The summed E-state index contributed by atoms with van der Waals surface area (Å²) in [4.78, 5) is 13.1. The molecule has 0 radical (unpaired) electrons. The molecule has 3 aromatic carbocycles. The number of carbonyl (C=O) groups excluding carboxylic acids is 1. The summed E-state index contributed by atoms with van der Waals surface area (Å²) in [5, 5.41) is 8.08. The average Bonchev–Trinajstić information content (AvgIpc) is 3.13. The van der Waals surface area contributed by atoms with Crippen LogP contribution >= 0.6 is 15.9 Å². The summed E-state index contributed by atoms with van der Waals surface area (Å²) in [6.07, 6.45) is 0.761. The van der Waals surface area contributed by atoms with Gasteiger partial charge in [0.15, 0.2) is 0 Å². The van der Waals surface area contributed by atoms with Crippen molar-refractivity contribution in [3.63, 3.8) is 0 Å². The molecule has 1 aromatic heterocycles. The summed E-state index contributed by atoms with van der Waals surface area (Å²) in [6, 6.07) is 22.9. The Morgan fingerprint density at radius 1 is 1.00 bits per heavy atom. The van der Waals surface area contributed by atoms with Crippen molar-refractivity contribution in [3.05, 3.63) is 88.4 Å². The van der Waals surface area contributed by atoms with E-state index in [0.29, 0.717) is 29.0 Å². The van der Waals surface area contributed by atoms with E-state index in [1.807, 2.05) is 48.5 Å². The smallest absolute Gasteiger partial charge is 0.283 e. The molecule has 4 rings (SSSR count). The van der Waals surface area contributed by atoms with E-state index in [9.17, 15) is 4.79 Å². The Kier molecular flexibility index (Phi) is 4.98. The van der Waals surface area contributed by atoms with Crippen molar-refractivity contribution in [3.8, 4) is 5.75 Å². The number of fused-ring (bicyclic) bond motifs is 1. The summed E-state index contributed by atoms with van der Waals surface area (Å²) in [6.45, 7) is 0.476. The van der Waals surface area contributed by atoms with Gasteiger partial charge in [-0.15, -0.1) is 5.10 Å². The van der Waals surface area contributed by atoms with Gasteiger partial charge in [-0.2, -0.15) is 4.68 Å². The summed E-state index contributed by atoms with van der Waals surface area (Å²) in [5.41, 5.74) is 2.96. The lowest BCUT2D eigenvalue weighted by Gasteiger charge is -2.11. The minimum absolute atomic E-state index is 0.278. The Bertz CT molecular complexity index is 1090. The number of hydrogen-bond donors (Lipinski definition) is 0. The second-order valence-corrected chi connectivity index (χ2v) is 6.94. The largest absolute Gasteiger partial charge is 0.492 e. The molecule has 0 aliphatic heterocycles. The molecule has 0 N–H and O–H groups in total. The second kappa shape index (κ2) is 7.72. The van der Waals surface area contributed by atoms with E-state index in [4.69, 9.17) is 4.74 Å². The molecule has 0 aliphatic rings. The van der Waals surface area contributed by atoms with E-state index in [1.165, 1.54) is 10.2 Å². The molecule has 6 heteroatoms. The minimum atomic E-state index is -0.278. The number of para-hydroxylation sites is 1. The molecule has 0 fully saturated rings. The van der Waals surface area contributed by atoms with Gasteiger partial charge in [-0.05, 0) is 35.9 Å². The average molecular weight is 422 g/mol. The van der Waals surface area contributed by atoms with Crippen LogP contribution in [0, 0.1) is 0 Å². The number of benzene rings is 3. The summed E-state index contributed by atoms with van der Waals surface area (Å²) < 4.78 is 8.03. The lowest BCUT2D eigenvalue weighted by molar-refractivity contribution is 0.0944. The summed E-state index contributed by atoms with van der Waals surface area (Å²) in [7, 11) is 0. The highest BCUT2D eigenvalue weighted by Gasteiger charge is 2.19. The van der Waals surface area contributed by atoms with Gasteiger partial charge in [0.05, 0.1) is 17.7 Å². The van der Waals surface area contributed by atoms with Crippen LogP contribution in [-0.2, 0) is 6.42 Å². The number of rotatable bonds is 5. The van der Waals surface area contributed by atoms with Crippen LogP contribution in [-0.4, -0.2) is 27.5 Å². The maximum Gasteiger partial charge on any atom is 0.283 e. The van der Waals surface area contributed by atoms with Crippen LogP contribution in [0.1, 0.15) is 15.9 Å². The molecule has 1 heterocycles. The second-order valence-electron chi connectivity index (χ2n) is 6.02. The highest BCUT2D eigenvalue weighted by atomic mass is 79.9. The predicted octanol–water partition coefficient (Wildman–Crippen LogP) is 4.50. The molecule has 0 atom stereocenters. The van der Waals surface area contributed by atoms with Gasteiger partial charge in [0.25, 0.3) is 5.91 Å². The fourth-order valence-electron chi connectivity index (χ4n) is 2.85. The Hall–Kier alpha value is -2.99. The monoisotopic (exact) mass is 421 g/mol. The highest BCUT2D eigenvalue weighted by Crippen LogP contribution is 2.25. The van der Waals surface area contributed by atoms with Crippen LogP contribution in [0.2, 0.25) is 0 Å². The zero-order chi connectivity index (χ0) is 18.6. The zero-order valence-corrected chi connectivity index (χ0v) is 16.0. The molecular formula is C21H16BrN3O2. The van der Waals surface area contributed by atoms with Gasteiger partial charge in [-0.1, -0.05) is 63.6 Å². The molecule has 0 amide bonds. The third kappa shape index (κ3) is 3.75. The van der Waals surface area contributed by atoms with Gasteiger partial charge in [0.1, 0.15) is 11.3 Å². The molecule has 27 heavy (non-hydrogen) atoms. The number of ether oxygens (including phenoxy) is 1. The number of carbonyl (C=O) groups is 1. The van der Waals surface area contributed by atoms with Crippen LogP contribution in [0.3, 0.4) is 0 Å². The van der Waals surface area contributed by atoms with E-state index >= 15 is 0 Å². The minimum Gasteiger partial charge on any atom is -0.492 e. The number of nitrogens with zero attached hydrogens (tertiary/aromatic N) is 3. The first-order valence-corrected chi connectivity index (χ1v) is 9.33.